The standard InChI is InChI=1S/C24H19F3N2O3/c1-13-20(15(3)30)22(17-9-7-16(12-28)8-10-17)21(23(31)32)14(2)29(13)19-6-4-5-18(11-19)24(25,26)27/h4-11,22H,1-3H3,(H,31,32)/p-1. The van der Waals surface area contributed by atoms with Gasteiger partial charge in [0.2, 0.25) is 0 Å². The number of halogens is 3. The molecule has 0 spiro atoms. The lowest BCUT2D eigenvalue weighted by Crippen LogP contribution is -2.38. The normalized spacial score (nSPS) is 16.8. The maximum Gasteiger partial charge on any atom is 0.416 e. The van der Waals surface area contributed by atoms with E-state index in [2.05, 4.69) is 0 Å². The van der Waals surface area contributed by atoms with Crippen LogP contribution in [0.1, 0.15) is 43.4 Å². The Balaban J connectivity index is 2.28. The van der Waals surface area contributed by atoms with Gasteiger partial charge in [-0.3, -0.25) is 4.79 Å². The smallest absolute Gasteiger partial charge is 0.416 e. The molecule has 1 aliphatic rings. The van der Waals surface area contributed by atoms with Crippen LogP contribution < -0.4 is 10.0 Å². The lowest BCUT2D eigenvalue weighted by molar-refractivity contribution is -0.299. The molecule has 1 atom stereocenters. The number of aliphatic carboxylic acids is 1. The molecule has 3 rings (SSSR count). The van der Waals surface area contributed by atoms with Crippen molar-refractivity contribution in [3.63, 3.8) is 0 Å². The van der Waals surface area contributed by atoms with E-state index in [4.69, 9.17) is 5.26 Å². The van der Waals surface area contributed by atoms with Crippen molar-refractivity contribution in [2.75, 3.05) is 4.90 Å². The zero-order valence-electron chi connectivity index (χ0n) is 17.4. The Morgan fingerprint density at radius 2 is 1.62 bits per heavy atom. The third-order valence-corrected chi connectivity index (χ3v) is 5.43. The summed E-state index contributed by atoms with van der Waals surface area (Å²) in [4.78, 5) is 26.2. The van der Waals surface area contributed by atoms with Gasteiger partial charge in [0, 0.05) is 34.1 Å². The number of ketones is 1. The number of hydrogen-bond donors (Lipinski definition) is 0. The Morgan fingerprint density at radius 3 is 2.12 bits per heavy atom. The molecule has 0 saturated heterocycles. The van der Waals surface area contributed by atoms with Crippen LogP contribution in [0.3, 0.4) is 0 Å². The molecule has 2 aromatic carbocycles. The average molecular weight is 439 g/mol. The van der Waals surface area contributed by atoms with Crippen molar-refractivity contribution in [2.45, 2.75) is 32.9 Å². The van der Waals surface area contributed by atoms with Gasteiger partial charge in [-0.25, -0.2) is 0 Å². The fourth-order valence-corrected chi connectivity index (χ4v) is 4.07. The molecular formula is C24H18F3N2O3-. The van der Waals surface area contributed by atoms with Gasteiger partial charge in [0.15, 0.2) is 5.78 Å². The summed E-state index contributed by atoms with van der Waals surface area (Å²) in [6.07, 6.45) is -4.59. The Hall–Kier alpha value is -3.86. The first-order chi connectivity index (χ1) is 15.0. The summed E-state index contributed by atoms with van der Waals surface area (Å²) < 4.78 is 39.8. The molecule has 1 aliphatic heterocycles. The molecule has 8 heteroatoms. The second kappa shape index (κ2) is 8.35. The van der Waals surface area contributed by atoms with Gasteiger partial charge >= 0.3 is 6.18 Å². The van der Waals surface area contributed by atoms with E-state index in [1.807, 2.05) is 6.07 Å². The summed E-state index contributed by atoms with van der Waals surface area (Å²) in [7, 11) is 0. The number of anilines is 1. The number of nitriles is 1. The van der Waals surface area contributed by atoms with E-state index in [-0.39, 0.29) is 22.5 Å². The molecule has 0 N–H and O–H groups in total. The molecule has 1 heterocycles. The summed E-state index contributed by atoms with van der Waals surface area (Å²) in [5.41, 5.74) is 0.330. The highest BCUT2D eigenvalue weighted by Gasteiger charge is 2.37. The fraction of sp³-hybridized carbons (Fsp3) is 0.208. The van der Waals surface area contributed by atoms with Gasteiger partial charge in [0.1, 0.15) is 0 Å². The largest absolute Gasteiger partial charge is 0.545 e. The van der Waals surface area contributed by atoms with Crippen LogP contribution in [0, 0.1) is 11.3 Å². The van der Waals surface area contributed by atoms with Crippen LogP contribution in [0.4, 0.5) is 18.9 Å². The molecular weight excluding hydrogens is 421 g/mol. The van der Waals surface area contributed by atoms with Crippen LogP contribution in [-0.4, -0.2) is 11.8 Å². The predicted octanol–water partition coefficient (Wildman–Crippen LogP) is 4.07. The molecule has 32 heavy (non-hydrogen) atoms. The number of carboxylic acids is 1. The number of carbonyl (C=O) groups is 2. The molecule has 0 fully saturated rings. The number of Topliss-reactive ketones (excluding diaryl/α,β-unsaturated/α-hetero) is 1. The molecule has 5 nitrogen and oxygen atoms in total. The number of allylic oxidation sites excluding steroid dienone is 3. The minimum atomic E-state index is -4.59. The van der Waals surface area contributed by atoms with Gasteiger partial charge in [0.25, 0.3) is 0 Å². The predicted molar refractivity (Wildman–Crippen MR) is 109 cm³/mol. The highest BCUT2D eigenvalue weighted by molar-refractivity contribution is 6.02. The van der Waals surface area contributed by atoms with Crippen molar-refractivity contribution in [1.82, 2.24) is 0 Å². The van der Waals surface area contributed by atoms with Crippen molar-refractivity contribution in [1.29, 1.82) is 5.26 Å². The lowest BCUT2D eigenvalue weighted by atomic mass is 9.78. The second-order valence-corrected chi connectivity index (χ2v) is 7.39. The molecule has 0 radical (unpaired) electrons. The Labute approximate surface area is 182 Å². The lowest BCUT2D eigenvalue weighted by Gasteiger charge is -2.39. The van der Waals surface area contributed by atoms with Crippen LogP contribution in [0.25, 0.3) is 0 Å². The molecule has 1 unspecified atom stereocenters. The first kappa shape index (κ1) is 22.8. The monoisotopic (exact) mass is 439 g/mol. The first-order valence-electron chi connectivity index (χ1n) is 9.58. The van der Waals surface area contributed by atoms with Gasteiger partial charge in [-0.05, 0) is 56.7 Å². The van der Waals surface area contributed by atoms with Crippen molar-refractivity contribution in [3.05, 3.63) is 87.8 Å². The number of carboxylic acid groups (broad SMARTS) is 1. The molecule has 0 aliphatic carbocycles. The Morgan fingerprint density at radius 1 is 1.03 bits per heavy atom. The number of rotatable bonds is 4. The summed E-state index contributed by atoms with van der Waals surface area (Å²) in [6, 6.07) is 12.5. The van der Waals surface area contributed by atoms with Gasteiger partial charge in [0.05, 0.1) is 23.2 Å². The van der Waals surface area contributed by atoms with Gasteiger partial charge in [-0.2, -0.15) is 18.4 Å². The topological polar surface area (TPSA) is 84.2 Å². The summed E-state index contributed by atoms with van der Waals surface area (Å²) in [5, 5.41) is 21.2. The van der Waals surface area contributed by atoms with Crippen LogP contribution in [-0.2, 0) is 15.8 Å². The highest BCUT2D eigenvalue weighted by atomic mass is 19.4. The minimum absolute atomic E-state index is 0.0746. The number of alkyl halides is 3. The number of benzene rings is 2. The summed E-state index contributed by atoms with van der Waals surface area (Å²) in [5.74, 6) is -2.97. The van der Waals surface area contributed by atoms with E-state index < -0.39 is 29.4 Å². The van der Waals surface area contributed by atoms with Gasteiger partial charge < -0.3 is 14.8 Å². The van der Waals surface area contributed by atoms with E-state index in [1.54, 1.807) is 19.1 Å². The van der Waals surface area contributed by atoms with Crippen LogP contribution in [0.5, 0.6) is 0 Å². The Bertz CT molecular complexity index is 1160. The molecule has 0 bridgehead atoms. The third-order valence-electron chi connectivity index (χ3n) is 5.43. The number of hydrogen-bond acceptors (Lipinski definition) is 5. The molecule has 164 valence electrons. The molecule has 0 amide bonds. The quantitative estimate of drug-likeness (QED) is 0.717. The van der Waals surface area contributed by atoms with E-state index in [0.717, 1.165) is 12.1 Å². The SMILES string of the molecule is CC(=O)C1=C(C)N(c2cccc(C(F)(F)F)c2)C(C)=C(C(=O)[O-])C1c1ccc(C#N)cc1. The van der Waals surface area contributed by atoms with Crippen molar-refractivity contribution in [2.24, 2.45) is 0 Å². The maximum atomic E-state index is 13.3. The number of nitrogens with zero attached hydrogens (tertiary/aromatic N) is 2. The van der Waals surface area contributed by atoms with Crippen LogP contribution in [0.2, 0.25) is 0 Å². The third kappa shape index (κ3) is 4.02. The summed E-state index contributed by atoms with van der Waals surface area (Å²) in [6.45, 7) is 4.29. The fourth-order valence-electron chi connectivity index (χ4n) is 4.07. The van der Waals surface area contributed by atoms with Gasteiger partial charge in [-0.1, -0.05) is 18.2 Å². The Kier molecular flexibility index (Phi) is 5.95. The highest BCUT2D eigenvalue weighted by Crippen LogP contribution is 2.44. The van der Waals surface area contributed by atoms with Crippen molar-refractivity contribution in [3.8, 4) is 6.07 Å². The van der Waals surface area contributed by atoms with Crippen LogP contribution >= 0.6 is 0 Å². The minimum Gasteiger partial charge on any atom is -0.545 e. The van der Waals surface area contributed by atoms with E-state index in [9.17, 15) is 27.9 Å². The van der Waals surface area contributed by atoms with E-state index >= 15 is 0 Å². The average Bonchev–Trinajstić information content (AvgIpc) is 2.72. The second-order valence-electron chi connectivity index (χ2n) is 7.39. The summed E-state index contributed by atoms with van der Waals surface area (Å²) >= 11 is 0. The zero-order valence-corrected chi connectivity index (χ0v) is 17.4. The molecule has 0 aromatic heterocycles. The van der Waals surface area contributed by atoms with Crippen molar-refractivity contribution < 1.29 is 27.9 Å². The molecule has 0 saturated carbocycles. The maximum absolute atomic E-state index is 13.3. The van der Waals surface area contributed by atoms with E-state index in [0.29, 0.717) is 16.8 Å². The van der Waals surface area contributed by atoms with Crippen molar-refractivity contribution >= 4 is 17.4 Å². The molecule has 2 aromatic rings. The van der Waals surface area contributed by atoms with Gasteiger partial charge in [-0.15, -0.1) is 0 Å². The first-order valence-corrected chi connectivity index (χ1v) is 9.58. The van der Waals surface area contributed by atoms with Crippen LogP contribution in [0.15, 0.2) is 71.1 Å². The number of carbonyl (C=O) groups excluding carboxylic acids is 2. The van der Waals surface area contributed by atoms with E-state index in [1.165, 1.54) is 43.0 Å². The zero-order chi connectivity index (χ0) is 23.8.